The third-order valence-corrected chi connectivity index (χ3v) is 5.29. The van der Waals surface area contributed by atoms with Crippen LogP contribution in [0.1, 0.15) is 22.0 Å². The lowest BCUT2D eigenvalue weighted by Crippen LogP contribution is -2.48. The number of methoxy groups -OCH3 is 1. The van der Waals surface area contributed by atoms with Crippen LogP contribution in [0.4, 0.5) is 0 Å². The summed E-state index contributed by atoms with van der Waals surface area (Å²) in [5.41, 5.74) is 1.79. The van der Waals surface area contributed by atoms with Gasteiger partial charge in [-0.15, -0.1) is 0 Å². The second-order valence-corrected chi connectivity index (χ2v) is 7.28. The molecule has 0 radical (unpaired) electrons. The summed E-state index contributed by atoms with van der Waals surface area (Å²) in [5, 5.41) is 3.71. The first-order chi connectivity index (χ1) is 13.1. The number of benzene rings is 2. The van der Waals surface area contributed by atoms with E-state index in [0.29, 0.717) is 17.1 Å². The molecule has 1 saturated heterocycles. The molecular formula is C21H26ClN3O2. The minimum atomic E-state index is -0.0840. The molecule has 0 unspecified atom stereocenters. The minimum Gasteiger partial charge on any atom is -0.497 e. The van der Waals surface area contributed by atoms with Crippen molar-refractivity contribution in [3.05, 3.63) is 64.7 Å². The molecule has 2 aromatic carbocycles. The van der Waals surface area contributed by atoms with Crippen molar-refractivity contribution in [2.75, 3.05) is 46.9 Å². The highest BCUT2D eigenvalue weighted by Crippen LogP contribution is 2.24. The zero-order chi connectivity index (χ0) is 19.2. The van der Waals surface area contributed by atoms with E-state index in [1.54, 1.807) is 31.4 Å². The molecule has 144 valence electrons. The smallest absolute Gasteiger partial charge is 0.251 e. The number of ether oxygens (including phenoxy) is 1. The average molecular weight is 388 g/mol. The standard InChI is InChI=1S/C21H26ClN3O2/c1-24-11-13-25(14-12-24)20(16-5-9-19(27-2)10-6-16)15-23-21(26)17-3-7-18(22)8-4-17/h3-10,20H,11-15H2,1-2H3,(H,23,26)/t20-/m0/s1. The molecule has 0 bridgehead atoms. The van der Waals surface area contributed by atoms with Crippen LogP contribution < -0.4 is 10.1 Å². The predicted octanol–water partition coefficient (Wildman–Crippen LogP) is 3.07. The summed E-state index contributed by atoms with van der Waals surface area (Å²) in [7, 11) is 3.81. The van der Waals surface area contributed by atoms with Crippen LogP contribution in [0.3, 0.4) is 0 Å². The molecule has 1 atom stereocenters. The summed E-state index contributed by atoms with van der Waals surface area (Å²) < 4.78 is 5.27. The number of carbonyl (C=O) groups is 1. The number of nitrogens with one attached hydrogen (secondary N) is 1. The van der Waals surface area contributed by atoms with Crippen molar-refractivity contribution in [2.45, 2.75) is 6.04 Å². The summed E-state index contributed by atoms with van der Waals surface area (Å²) in [6.07, 6.45) is 0. The number of hydrogen-bond acceptors (Lipinski definition) is 4. The van der Waals surface area contributed by atoms with E-state index in [9.17, 15) is 4.79 Å². The van der Waals surface area contributed by atoms with Crippen LogP contribution in [0.5, 0.6) is 5.75 Å². The SMILES string of the molecule is COc1ccc([C@H](CNC(=O)c2ccc(Cl)cc2)N2CCN(C)CC2)cc1. The van der Waals surface area contributed by atoms with Gasteiger partial charge in [-0.3, -0.25) is 9.69 Å². The largest absolute Gasteiger partial charge is 0.497 e. The summed E-state index contributed by atoms with van der Waals surface area (Å²) in [6.45, 7) is 4.56. The van der Waals surface area contributed by atoms with Crippen LogP contribution in [0.2, 0.25) is 5.02 Å². The Morgan fingerprint density at radius 2 is 1.70 bits per heavy atom. The topological polar surface area (TPSA) is 44.8 Å². The van der Waals surface area contributed by atoms with Gasteiger partial charge >= 0.3 is 0 Å². The van der Waals surface area contributed by atoms with Crippen LogP contribution in [0.15, 0.2) is 48.5 Å². The molecule has 3 rings (SSSR count). The van der Waals surface area contributed by atoms with Gasteiger partial charge < -0.3 is 15.0 Å². The summed E-state index contributed by atoms with van der Waals surface area (Å²) in [4.78, 5) is 17.3. The number of piperazine rings is 1. The lowest BCUT2D eigenvalue weighted by Gasteiger charge is -2.38. The maximum Gasteiger partial charge on any atom is 0.251 e. The van der Waals surface area contributed by atoms with Gasteiger partial charge in [0.25, 0.3) is 5.91 Å². The van der Waals surface area contributed by atoms with Gasteiger partial charge in [-0.25, -0.2) is 0 Å². The first-order valence-electron chi connectivity index (χ1n) is 9.17. The second-order valence-electron chi connectivity index (χ2n) is 6.85. The number of rotatable bonds is 6. The van der Waals surface area contributed by atoms with Gasteiger partial charge in [-0.1, -0.05) is 23.7 Å². The Balaban J connectivity index is 1.72. The molecule has 0 saturated carbocycles. The fourth-order valence-electron chi connectivity index (χ4n) is 3.31. The highest BCUT2D eigenvalue weighted by Gasteiger charge is 2.24. The van der Waals surface area contributed by atoms with Crippen molar-refractivity contribution >= 4 is 17.5 Å². The van der Waals surface area contributed by atoms with Gasteiger partial charge in [-0.2, -0.15) is 0 Å². The zero-order valence-corrected chi connectivity index (χ0v) is 16.6. The summed E-state index contributed by atoms with van der Waals surface area (Å²) >= 11 is 5.91. The zero-order valence-electron chi connectivity index (χ0n) is 15.8. The molecule has 1 aliphatic rings. The number of hydrogen-bond donors (Lipinski definition) is 1. The van der Waals surface area contributed by atoms with E-state index < -0.39 is 0 Å². The number of carbonyl (C=O) groups excluding carboxylic acids is 1. The van der Waals surface area contributed by atoms with Crippen molar-refractivity contribution in [3.63, 3.8) is 0 Å². The highest BCUT2D eigenvalue weighted by molar-refractivity contribution is 6.30. The number of halogens is 1. The van der Waals surface area contributed by atoms with E-state index in [2.05, 4.69) is 34.3 Å². The molecule has 1 aliphatic heterocycles. The van der Waals surface area contributed by atoms with Crippen LogP contribution in [-0.4, -0.2) is 62.6 Å². The summed E-state index contributed by atoms with van der Waals surface area (Å²) in [5.74, 6) is 0.750. The van der Waals surface area contributed by atoms with Crippen molar-refractivity contribution in [3.8, 4) is 5.75 Å². The van der Waals surface area contributed by atoms with Crippen LogP contribution in [0, 0.1) is 0 Å². The third kappa shape index (κ3) is 5.22. The molecular weight excluding hydrogens is 362 g/mol. The molecule has 0 aliphatic carbocycles. The van der Waals surface area contributed by atoms with E-state index in [1.807, 2.05) is 12.1 Å². The molecule has 1 heterocycles. The number of nitrogens with zero attached hydrogens (tertiary/aromatic N) is 2. The molecule has 1 fully saturated rings. The number of amides is 1. The molecule has 27 heavy (non-hydrogen) atoms. The normalized spacial score (nSPS) is 16.7. The van der Waals surface area contributed by atoms with E-state index >= 15 is 0 Å². The summed E-state index contributed by atoms with van der Waals surface area (Å²) in [6, 6.07) is 15.2. The fraction of sp³-hybridized carbons (Fsp3) is 0.381. The van der Waals surface area contributed by atoms with Crippen molar-refractivity contribution in [2.24, 2.45) is 0 Å². The number of likely N-dealkylation sites (N-methyl/N-ethyl adjacent to an activating group) is 1. The van der Waals surface area contributed by atoms with Crippen LogP contribution in [0.25, 0.3) is 0 Å². The van der Waals surface area contributed by atoms with E-state index in [0.717, 1.165) is 31.9 Å². The minimum absolute atomic E-state index is 0.0840. The molecule has 0 aromatic heterocycles. The monoisotopic (exact) mass is 387 g/mol. The lowest BCUT2D eigenvalue weighted by atomic mass is 10.0. The quantitative estimate of drug-likeness (QED) is 0.827. The van der Waals surface area contributed by atoms with Gasteiger partial charge in [0.1, 0.15) is 5.75 Å². The molecule has 5 nitrogen and oxygen atoms in total. The van der Waals surface area contributed by atoms with Crippen LogP contribution >= 0.6 is 11.6 Å². The van der Waals surface area contributed by atoms with E-state index in [4.69, 9.17) is 16.3 Å². The molecule has 6 heteroatoms. The first-order valence-corrected chi connectivity index (χ1v) is 9.55. The van der Waals surface area contributed by atoms with Crippen molar-refractivity contribution < 1.29 is 9.53 Å². The van der Waals surface area contributed by atoms with E-state index in [1.165, 1.54) is 5.56 Å². The van der Waals surface area contributed by atoms with Gasteiger partial charge in [0.2, 0.25) is 0 Å². The average Bonchev–Trinajstić information content (AvgIpc) is 2.70. The Hall–Kier alpha value is -2.08. The first kappa shape index (κ1) is 19.7. The van der Waals surface area contributed by atoms with E-state index in [-0.39, 0.29) is 11.9 Å². The Labute approximate surface area is 165 Å². The van der Waals surface area contributed by atoms with Crippen molar-refractivity contribution in [1.82, 2.24) is 15.1 Å². The van der Waals surface area contributed by atoms with Gasteiger partial charge in [0.15, 0.2) is 0 Å². The maximum absolute atomic E-state index is 12.5. The highest BCUT2D eigenvalue weighted by atomic mass is 35.5. The fourth-order valence-corrected chi connectivity index (χ4v) is 3.44. The Kier molecular flexibility index (Phi) is 6.72. The predicted molar refractivity (Wildman–Crippen MR) is 109 cm³/mol. The molecule has 1 amide bonds. The Bertz CT molecular complexity index is 741. The van der Waals surface area contributed by atoms with Gasteiger partial charge in [0, 0.05) is 43.3 Å². The van der Waals surface area contributed by atoms with Gasteiger partial charge in [0.05, 0.1) is 13.2 Å². The molecule has 2 aromatic rings. The third-order valence-electron chi connectivity index (χ3n) is 5.04. The molecule has 0 spiro atoms. The Morgan fingerprint density at radius 3 is 2.30 bits per heavy atom. The Morgan fingerprint density at radius 1 is 1.07 bits per heavy atom. The van der Waals surface area contributed by atoms with Crippen molar-refractivity contribution in [1.29, 1.82) is 0 Å². The van der Waals surface area contributed by atoms with Crippen LogP contribution in [-0.2, 0) is 0 Å². The maximum atomic E-state index is 12.5. The van der Waals surface area contributed by atoms with Gasteiger partial charge in [-0.05, 0) is 49.0 Å². The second kappa shape index (κ2) is 9.22. The lowest BCUT2D eigenvalue weighted by molar-refractivity contribution is 0.0886. The molecule has 1 N–H and O–H groups in total.